The van der Waals surface area contributed by atoms with Crippen LogP contribution >= 0.6 is 50.9 Å². The Morgan fingerprint density at radius 2 is 1.86 bits per heavy atom. The molecule has 0 saturated heterocycles. The maximum absolute atomic E-state index is 12.1. The van der Waals surface area contributed by atoms with Crippen LogP contribution in [0.5, 0.6) is 17.2 Å². The normalized spacial score (nSPS) is 10.9. The van der Waals surface area contributed by atoms with Crippen LogP contribution in [-0.4, -0.2) is 32.1 Å². The van der Waals surface area contributed by atoms with Crippen LogP contribution in [0, 0.1) is 0 Å². The van der Waals surface area contributed by atoms with E-state index in [0.717, 1.165) is 22.4 Å². The van der Waals surface area contributed by atoms with Crippen molar-refractivity contribution in [1.82, 2.24) is 5.43 Å². The van der Waals surface area contributed by atoms with Gasteiger partial charge in [-0.2, -0.15) is 5.10 Å². The van der Waals surface area contributed by atoms with Crippen molar-refractivity contribution in [3.8, 4) is 17.2 Å². The number of hydrogen-bond donors (Lipinski definition) is 1. The van der Waals surface area contributed by atoms with Gasteiger partial charge in [-0.15, -0.1) is 11.8 Å². The first-order valence-electron chi connectivity index (χ1n) is 10.4. The Kier molecular flexibility index (Phi) is 10.6. The fourth-order valence-electron chi connectivity index (χ4n) is 2.94. The fourth-order valence-corrected chi connectivity index (χ4v) is 4.75. The molecule has 0 aliphatic carbocycles. The molecule has 0 heterocycles. The summed E-state index contributed by atoms with van der Waals surface area (Å²) in [6.07, 6.45) is 1.54. The molecule has 1 N–H and O–H groups in total. The van der Waals surface area contributed by atoms with E-state index >= 15 is 0 Å². The van der Waals surface area contributed by atoms with Gasteiger partial charge in [0.15, 0.2) is 11.5 Å². The van der Waals surface area contributed by atoms with Gasteiger partial charge in [-0.25, -0.2) is 5.43 Å². The number of amides is 1. The van der Waals surface area contributed by atoms with E-state index in [9.17, 15) is 4.79 Å². The second-order valence-corrected chi connectivity index (χ2v) is 9.88. The van der Waals surface area contributed by atoms with Crippen LogP contribution in [0.1, 0.15) is 16.7 Å². The predicted octanol–water partition coefficient (Wildman–Crippen LogP) is 6.74. The third-order valence-corrected chi connectivity index (χ3v) is 6.88. The summed E-state index contributed by atoms with van der Waals surface area (Å²) in [6, 6.07) is 16.6. The first-order chi connectivity index (χ1) is 16.9. The molecule has 0 aliphatic heterocycles. The number of nitrogens with zero attached hydrogens (tertiary/aromatic N) is 1. The van der Waals surface area contributed by atoms with E-state index < -0.39 is 0 Å². The molecule has 0 unspecified atom stereocenters. The van der Waals surface area contributed by atoms with Gasteiger partial charge in [-0.3, -0.25) is 4.79 Å². The molecule has 0 bridgehead atoms. The standard InChI is InChI=1S/C25H23BrCl2N2O4S/c1-32-20-7-3-16(4-8-20)14-35-15-24(31)30-29-12-17-9-21(26)25(23(10-17)33-2)34-13-18-5-6-19(27)11-22(18)28/h3-12H,13-15H2,1-2H3,(H,30,31)/b29-12-. The van der Waals surface area contributed by atoms with E-state index in [1.165, 1.54) is 11.8 Å². The Morgan fingerprint density at radius 1 is 1.09 bits per heavy atom. The number of ether oxygens (including phenoxy) is 3. The van der Waals surface area contributed by atoms with Gasteiger partial charge in [0.1, 0.15) is 12.4 Å². The molecular weight excluding hydrogens is 575 g/mol. The van der Waals surface area contributed by atoms with Crippen LogP contribution < -0.4 is 19.6 Å². The predicted molar refractivity (Wildman–Crippen MR) is 146 cm³/mol. The Hall–Kier alpha value is -2.39. The van der Waals surface area contributed by atoms with Crippen LogP contribution in [0.2, 0.25) is 10.0 Å². The van der Waals surface area contributed by atoms with Crippen molar-refractivity contribution in [3.63, 3.8) is 0 Å². The minimum Gasteiger partial charge on any atom is -0.497 e. The minimum atomic E-state index is -0.189. The van der Waals surface area contributed by atoms with Crippen LogP contribution in [0.4, 0.5) is 0 Å². The average molecular weight is 598 g/mol. The molecule has 1 amide bonds. The van der Waals surface area contributed by atoms with Crippen molar-refractivity contribution >= 4 is 63.0 Å². The number of hydrazone groups is 1. The zero-order chi connectivity index (χ0) is 25.2. The van der Waals surface area contributed by atoms with Crippen molar-refractivity contribution in [3.05, 3.63) is 85.8 Å². The molecule has 3 rings (SSSR count). The summed E-state index contributed by atoms with van der Waals surface area (Å²) < 4.78 is 17.2. The topological polar surface area (TPSA) is 69.2 Å². The molecule has 3 aromatic carbocycles. The van der Waals surface area contributed by atoms with Crippen molar-refractivity contribution in [2.45, 2.75) is 12.4 Å². The molecule has 0 spiro atoms. The molecule has 35 heavy (non-hydrogen) atoms. The first kappa shape index (κ1) is 27.2. The SMILES string of the molecule is COc1ccc(CSCC(=O)N/N=C\c2cc(Br)c(OCc3ccc(Cl)cc3Cl)c(OC)c2)cc1. The van der Waals surface area contributed by atoms with Crippen molar-refractivity contribution in [2.75, 3.05) is 20.0 Å². The van der Waals surface area contributed by atoms with Crippen molar-refractivity contribution < 1.29 is 19.0 Å². The number of thioether (sulfide) groups is 1. The second-order valence-electron chi connectivity index (χ2n) is 7.19. The zero-order valence-electron chi connectivity index (χ0n) is 19.0. The van der Waals surface area contributed by atoms with Crippen LogP contribution in [-0.2, 0) is 17.2 Å². The zero-order valence-corrected chi connectivity index (χ0v) is 22.9. The molecule has 0 aliphatic rings. The Labute approximate surface area is 227 Å². The van der Waals surface area contributed by atoms with Crippen LogP contribution in [0.25, 0.3) is 0 Å². The molecule has 3 aromatic rings. The summed E-state index contributed by atoms with van der Waals surface area (Å²) in [4.78, 5) is 12.1. The maximum atomic E-state index is 12.1. The van der Waals surface area contributed by atoms with Gasteiger partial charge in [-0.1, -0.05) is 41.4 Å². The lowest BCUT2D eigenvalue weighted by Crippen LogP contribution is -2.19. The summed E-state index contributed by atoms with van der Waals surface area (Å²) >= 11 is 17.2. The molecule has 6 nitrogen and oxygen atoms in total. The quantitative estimate of drug-likeness (QED) is 0.196. The molecule has 0 aromatic heterocycles. The van der Waals surface area contributed by atoms with Gasteiger partial charge in [0.05, 0.1) is 30.7 Å². The molecule has 0 atom stereocenters. The number of carbonyl (C=O) groups is 1. The summed E-state index contributed by atoms with van der Waals surface area (Å²) in [5.41, 5.74) is 5.17. The van der Waals surface area contributed by atoms with E-state index in [1.807, 2.05) is 36.4 Å². The lowest BCUT2D eigenvalue weighted by atomic mass is 10.2. The van der Waals surface area contributed by atoms with Gasteiger partial charge in [0, 0.05) is 21.4 Å². The Balaban J connectivity index is 1.52. The summed E-state index contributed by atoms with van der Waals surface area (Å²) in [5.74, 6) is 2.65. The van der Waals surface area contributed by atoms with Gasteiger partial charge >= 0.3 is 0 Å². The van der Waals surface area contributed by atoms with Crippen molar-refractivity contribution in [1.29, 1.82) is 0 Å². The third kappa shape index (κ3) is 8.35. The largest absolute Gasteiger partial charge is 0.497 e. The Bertz CT molecular complexity index is 1190. The van der Waals surface area contributed by atoms with E-state index in [1.54, 1.807) is 38.6 Å². The van der Waals surface area contributed by atoms with Gasteiger partial charge < -0.3 is 14.2 Å². The highest BCUT2D eigenvalue weighted by Gasteiger charge is 2.13. The molecule has 0 saturated carbocycles. The second kappa shape index (κ2) is 13.6. The average Bonchev–Trinajstić information content (AvgIpc) is 2.84. The lowest BCUT2D eigenvalue weighted by Gasteiger charge is -2.14. The summed E-state index contributed by atoms with van der Waals surface area (Å²) in [7, 11) is 3.18. The molecule has 10 heteroatoms. The Morgan fingerprint density at radius 3 is 2.54 bits per heavy atom. The fraction of sp³-hybridized carbons (Fsp3) is 0.200. The van der Waals surface area contributed by atoms with E-state index in [-0.39, 0.29) is 18.3 Å². The smallest absolute Gasteiger partial charge is 0.250 e. The monoisotopic (exact) mass is 596 g/mol. The number of benzene rings is 3. The van der Waals surface area contributed by atoms with Gasteiger partial charge in [0.25, 0.3) is 0 Å². The summed E-state index contributed by atoms with van der Waals surface area (Å²) in [5, 5.41) is 5.13. The molecular formula is C25H23BrCl2N2O4S. The number of hydrogen-bond acceptors (Lipinski definition) is 6. The van der Waals surface area contributed by atoms with E-state index in [2.05, 4.69) is 26.5 Å². The number of halogens is 3. The van der Waals surface area contributed by atoms with Crippen LogP contribution in [0.15, 0.2) is 64.2 Å². The molecule has 0 radical (unpaired) electrons. The van der Waals surface area contributed by atoms with Gasteiger partial charge in [0.2, 0.25) is 5.91 Å². The lowest BCUT2D eigenvalue weighted by molar-refractivity contribution is -0.118. The van der Waals surface area contributed by atoms with E-state index in [0.29, 0.717) is 31.8 Å². The first-order valence-corrected chi connectivity index (χ1v) is 13.1. The third-order valence-electron chi connectivity index (χ3n) is 4.70. The highest BCUT2D eigenvalue weighted by atomic mass is 79.9. The molecule has 0 fully saturated rings. The van der Waals surface area contributed by atoms with E-state index in [4.69, 9.17) is 37.4 Å². The number of methoxy groups -OCH3 is 2. The summed E-state index contributed by atoms with van der Waals surface area (Å²) in [6.45, 7) is 0.239. The van der Waals surface area contributed by atoms with Gasteiger partial charge in [-0.05, 0) is 63.5 Å². The maximum Gasteiger partial charge on any atom is 0.250 e. The number of carbonyl (C=O) groups excluding carboxylic acids is 1. The van der Waals surface area contributed by atoms with Crippen molar-refractivity contribution in [2.24, 2.45) is 5.10 Å². The highest BCUT2D eigenvalue weighted by Crippen LogP contribution is 2.37. The number of rotatable bonds is 11. The number of nitrogens with one attached hydrogen (secondary N) is 1. The highest BCUT2D eigenvalue weighted by molar-refractivity contribution is 9.10. The minimum absolute atomic E-state index is 0.189. The van der Waals surface area contributed by atoms with Crippen LogP contribution in [0.3, 0.4) is 0 Å². The molecule has 184 valence electrons.